The fraction of sp³-hybridized carbons (Fsp3) is 0.346. The van der Waals surface area contributed by atoms with E-state index in [1.54, 1.807) is 6.20 Å². The largest absolute Gasteiger partial charge is 0.379 e. The van der Waals surface area contributed by atoms with E-state index in [2.05, 4.69) is 44.0 Å². The molecule has 9 nitrogen and oxygen atoms in total. The number of anilines is 5. The Morgan fingerprint density at radius 3 is 2.66 bits per heavy atom. The zero-order valence-electron chi connectivity index (χ0n) is 20.3. The molecule has 9 heteroatoms. The molecule has 2 heterocycles. The second kappa shape index (κ2) is 12.1. The van der Waals surface area contributed by atoms with Crippen molar-refractivity contribution in [1.29, 1.82) is 0 Å². The molecule has 0 unspecified atom stereocenters. The Bertz CT molecular complexity index is 1100. The number of ether oxygens (including phenoxy) is 1. The van der Waals surface area contributed by atoms with Gasteiger partial charge in [-0.05, 0) is 61.4 Å². The van der Waals surface area contributed by atoms with E-state index >= 15 is 0 Å². The molecule has 1 aromatic heterocycles. The molecule has 0 spiro atoms. The summed E-state index contributed by atoms with van der Waals surface area (Å²) in [6.07, 6.45) is 2.73. The first-order valence-electron chi connectivity index (χ1n) is 12.0. The number of amides is 2. The molecule has 35 heavy (non-hydrogen) atoms. The van der Waals surface area contributed by atoms with E-state index in [0.29, 0.717) is 12.5 Å². The van der Waals surface area contributed by atoms with E-state index < -0.39 is 0 Å². The van der Waals surface area contributed by atoms with Crippen LogP contribution in [-0.4, -0.2) is 67.3 Å². The predicted molar refractivity (Wildman–Crippen MR) is 140 cm³/mol. The Balaban J connectivity index is 1.37. The zero-order chi connectivity index (χ0) is 24.5. The van der Waals surface area contributed by atoms with Gasteiger partial charge in [-0.15, -0.1) is 0 Å². The second-order valence-corrected chi connectivity index (χ2v) is 8.36. The summed E-state index contributed by atoms with van der Waals surface area (Å²) in [6, 6.07) is 17.6. The van der Waals surface area contributed by atoms with Crippen LogP contribution in [0.4, 0.5) is 33.6 Å². The van der Waals surface area contributed by atoms with Gasteiger partial charge in [0.1, 0.15) is 5.82 Å². The number of urea groups is 1. The summed E-state index contributed by atoms with van der Waals surface area (Å²) < 4.78 is 5.43. The first-order valence-corrected chi connectivity index (χ1v) is 12.0. The number of hydrogen-bond donors (Lipinski definition) is 3. The monoisotopic (exact) mass is 475 g/mol. The fourth-order valence-corrected chi connectivity index (χ4v) is 3.88. The Morgan fingerprint density at radius 1 is 1.09 bits per heavy atom. The minimum Gasteiger partial charge on any atom is -0.379 e. The average molecular weight is 476 g/mol. The van der Waals surface area contributed by atoms with Crippen molar-refractivity contribution in [2.75, 3.05) is 62.0 Å². The van der Waals surface area contributed by atoms with Crippen molar-refractivity contribution in [2.24, 2.45) is 0 Å². The average Bonchev–Trinajstić information content (AvgIpc) is 2.89. The van der Waals surface area contributed by atoms with Crippen LogP contribution in [0.5, 0.6) is 0 Å². The van der Waals surface area contributed by atoms with Gasteiger partial charge < -0.3 is 25.6 Å². The lowest BCUT2D eigenvalue weighted by molar-refractivity contribution is 0.0384. The summed E-state index contributed by atoms with van der Waals surface area (Å²) >= 11 is 0. The smallest absolute Gasteiger partial charge is 0.319 e. The molecule has 1 aliphatic rings. The number of carbonyl (C=O) groups is 1. The number of nitrogens with one attached hydrogen (secondary N) is 3. The standard InChI is InChI=1S/C26H33N7O2/c1-3-27-26(34)30-21-7-9-23(10-8-21)32(2)24-11-13-28-25(31-24)29-22-6-4-5-20(19-22)12-14-33-15-17-35-18-16-33/h4-11,13,19H,3,12,14-18H2,1-2H3,(H2,27,30,34)(H,28,29,31). The van der Waals surface area contributed by atoms with Crippen LogP contribution >= 0.6 is 0 Å². The molecular formula is C26H33N7O2. The first-order chi connectivity index (χ1) is 17.1. The highest BCUT2D eigenvalue weighted by molar-refractivity contribution is 5.89. The first kappa shape index (κ1) is 24.4. The van der Waals surface area contributed by atoms with Crippen LogP contribution in [0.2, 0.25) is 0 Å². The van der Waals surface area contributed by atoms with Crippen molar-refractivity contribution in [3.8, 4) is 0 Å². The molecule has 184 valence electrons. The molecule has 0 aliphatic carbocycles. The van der Waals surface area contributed by atoms with E-state index in [1.807, 2.05) is 55.3 Å². The summed E-state index contributed by atoms with van der Waals surface area (Å²) in [6.45, 7) is 7.13. The summed E-state index contributed by atoms with van der Waals surface area (Å²) in [5.41, 5.74) is 3.91. The van der Waals surface area contributed by atoms with Crippen LogP contribution in [0.1, 0.15) is 12.5 Å². The normalized spacial score (nSPS) is 13.8. The molecule has 1 aliphatic heterocycles. The van der Waals surface area contributed by atoms with Gasteiger partial charge in [-0.25, -0.2) is 9.78 Å². The number of nitrogens with zero attached hydrogens (tertiary/aromatic N) is 4. The van der Waals surface area contributed by atoms with E-state index in [1.165, 1.54) is 5.56 Å². The Morgan fingerprint density at radius 2 is 1.89 bits per heavy atom. The molecule has 3 aromatic rings. The molecule has 0 bridgehead atoms. The number of benzene rings is 2. The highest BCUT2D eigenvalue weighted by atomic mass is 16.5. The molecule has 2 amide bonds. The number of aromatic nitrogens is 2. The van der Waals surface area contributed by atoms with E-state index in [-0.39, 0.29) is 6.03 Å². The van der Waals surface area contributed by atoms with Crippen LogP contribution < -0.4 is 20.9 Å². The molecule has 4 rings (SSSR count). The quantitative estimate of drug-likeness (QED) is 0.431. The molecule has 2 aromatic carbocycles. The van der Waals surface area contributed by atoms with Gasteiger partial charge in [0.05, 0.1) is 13.2 Å². The van der Waals surface area contributed by atoms with E-state index in [4.69, 9.17) is 9.72 Å². The maximum Gasteiger partial charge on any atom is 0.319 e. The highest BCUT2D eigenvalue weighted by Gasteiger charge is 2.11. The van der Waals surface area contributed by atoms with Crippen LogP contribution in [-0.2, 0) is 11.2 Å². The summed E-state index contributed by atoms with van der Waals surface area (Å²) in [7, 11) is 1.95. The molecule has 0 radical (unpaired) electrons. The van der Waals surface area contributed by atoms with Gasteiger partial charge >= 0.3 is 6.03 Å². The van der Waals surface area contributed by atoms with Crippen molar-refractivity contribution >= 4 is 34.9 Å². The summed E-state index contributed by atoms with van der Waals surface area (Å²) in [5.74, 6) is 1.30. The third-order valence-electron chi connectivity index (χ3n) is 5.84. The van der Waals surface area contributed by atoms with Crippen LogP contribution in [0.3, 0.4) is 0 Å². The molecule has 3 N–H and O–H groups in total. The summed E-state index contributed by atoms with van der Waals surface area (Å²) in [4.78, 5) is 25.2. The Labute approximate surface area is 206 Å². The fourth-order valence-electron chi connectivity index (χ4n) is 3.88. The second-order valence-electron chi connectivity index (χ2n) is 8.36. The van der Waals surface area contributed by atoms with Crippen LogP contribution in [0.25, 0.3) is 0 Å². The lowest BCUT2D eigenvalue weighted by atomic mass is 10.1. The predicted octanol–water partition coefficient (Wildman–Crippen LogP) is 4.00. The maximum atomic E-state index is 11.7. The van der Waals surface area contributed by atoms with Gasteiger partial charge in [0.25, 0.3) is 0 Å². The van der Waals surface area contributed by atoms with Gasteiger partial charge in [0, 0.05) is 56.5 Å². The number of morpholine rings is 1. The van der Waals surface area contributed by atoms with E-state index in [0.717, 1.165) is 62.1 Å². The van der Waals surface area contributed by atoms with Gasteiger partial charge in [-0.1, -0.05) is 12.1 Å². The minimum absolute atomic E-state index is 0.217. The van der Waals surface area contributed by atoms with Crippen molar-refractivity contribution in [1.82, 2.24) is 20.2 Å². The molecule has 1 saturated heterocycles. The zero-order valence-corrected chi connectivity index (χ0v) is 20.3. The lowest BCUT2D eigenvalue weighted by Crippen LogP contribution is -2.37. The van der Waals surface area contributed by atoms with Crippen molar-refractivity contribution in [3.05, 3.63) is 66.4 Å². The van der Waals surface area contributed by atoms with Crippen molar-refractivity contribution in [3.63, 3.8) is 0 Å². The molecule has 0 atom stereocenters. The third-order valence-corrected chi connectivity index (χ3v) is 5.84. The Hall–Kier alpha value is -3.69. The molecule has 1 fully saturated rings. The molecule has 0 saturated carbocycles. The Kier molecular flexibility index (Phi) is 8.48. The van der Waals surface area contributed by atoms with Gasteiger partial charge in [-0.3, -0.25) is 4.90 Å². The lowest BCUT2D eigenvalue weighted by Gasteiger charge is -2.26. The SMILES string of the molecule is CCNC(=O)Nc1ccc(N(C)c2ccnc(Nc3cccc(CCN4CCOCC4)c3)n2)cc1. The van der Waals surface area contributed by atoms with Gasteiger partial charge in [-0.2, -0.15) is 4.98 Å². The van der Waals surface area contributed by atoms with Crippen LogP contribution in [0.15, 0.2) is 60.8 Å². The highest BCUT2D eigenvalue weighted by Crippen LogP contribution is 2.25. The number of carbonyl (C=O) groups excluding carboxylic acids is 1. The maximum absolute atomic E-state index is 11.7. The minimum atomic E-state index is -0.217. The van der Waals surface area contributed by atoms with Gasteiger partial charge in [0.15, 0.2) is 0 Å². The number of rotatable bonds is 9. The van der Waals surface area contributed by atoms with Gasteiger partial charge in [0.2, 0.25) is 5.95 Å². The van der Waals surface area contributed by atoms with Crippen molar-refractivity contribution < 1.29 is 9.53 Å². The topological polar surface area (TPSA) is 94.7 Å². The molecular weight excluding hydrogens is 442 g/mol. The summed E-state index contributed by atoms with van der Waals surface area (Å²) in [5, 5.41) is 8.86. The van der Waals surface area contributed by atoms with Crippen molar-refractivity contribution in [2.45, 2.75) is 13.3 Å². The van der Waals surface area contributed by atoms with Crippen LogP contribution in [0, 0.1) is 0 Å². The number of hydrogen-bond acceptors (Lipinski definition) is 7. The third kappa shape index (κ3) is 7.14. The van der Waals surface area contributed by atoms with E-state index in [9.17, 15) is 4.79 Å².